The highest BCUT2D eigenvalue weighted by Crippen LogP contribution is 2.30. The molecule has 2 rings (SSSR count). The fourth-order valence-electron chi connectivity index (χ4n) is 2.67. The zero-order chi connectivity index (χ0) is 15.1. The summed E-state index contributed by atoms with van der Waals surface area (Å²) in [6.07, 6.45) is 0.660. The van der Waals surface area contributed by atoms with Crippen molar-refractivity contribution in [3.63, 3.8) is 0 Å². The Kier molecular flexibility index (Phi) is 3.94. The molecule has 0 bridgehead atoms. The van der Waals surface area contributed by atoms with Crippen molar-refractivity contribution in [1.82, 2.24) is 9.78 Å². The second-order valence-corrected chi connectivity index (χ2v) is 6.26. The highest BCUT2D eigenvalue weighted by Gasteiger charge is 2.27. The highest BCUT2D eigenvalue weighted by molar-refractivity contribution is 6.31. The Balaban J connectivity index is 2.42. The number of halogens is 1. The van der Waals surface area contributed by atoms with Crippen LogP contribution in [0.1, 0.15) is 35.0 Å². The lowest BCUT2D eigenvalue weighted by Gasteiger charge is -2.27. The van der Waals surface area contributed by atoms with E-state index in [9.17, 15) is 0 Å². The van der Waals surface area contributed by atoms with E-state index in [1.165, 1.54) is 11.1 Å². The first-order chi connectivity index (χ1) is 9.22. The third-order valence-corrected chi connectivity index (χ3v) is 4.30. The molecule has 0 aliphatic heterocycles. The standard InChI is InChI=1S/C16H22ClN3/c1-10-6-7-11(2)13(8-10)16(4,18)9-14-15(17)12(3)19-20(14)5/h6-8H,9,18H2,1-5H3. The SMILES string of the molecule is Cc1ccc(C)c(C(C)(N)Cc2c(Cl)c(C)nn2C)c1. The predicted octanol–water partition coefficient (Wildman–Crippen LogP) is 3.42. The van der Waals surface area contributed by atoms with Crippen LogP contribution in [0.15, 0.2) is 18.2 Å². The van der Waals surface area contributed by atoms with Crippen LogP contribution in [-0.2, 0) is 19.0 Å². The number of nitrogens with two attached hydrogens (primary N) is 1. The van der Waals surface area contributed by atoms with Crippen LogP contribution in [0.3, 0.4) is 0 Å². The van der Waals surface area contributed by atoms with Crippen LogP contribution in [0.2, 0.25) is 5.02 Å². The van der Waals surface area contributed by atoms with Crippen molar-refractivity contribution in [3.05, 3.63) is 51.3 Å². The average molecular weight is 292 g/mol. The Morgan fingerprint density at radius 2 is 1.95 bits per heavy atom. The molecule has 1 unspecified atom stereocenters. The molecule has 1 aromatic carbocycles. The largest absolute Gasteiger partial charge is 0.321 e. The van der Waals surface area contributed by atoms with E-state index in [4.69, 9.17) is 17.3 Å². The van der Waals surface area contributed by atoms with Gasteiger partial charge in [0.2, 0.25) is 0 Å². The fourth-order valence-corrected chi connectivity index (χ4v) is 2.89. The van der Waals surface area contributed by atoms with Crippen molar-refractivity contribution in [2.24, 2.45) is 12.8 Å². The van der Waals surface area contributed by atoms with Crippen molar-refractivity contribution < 1.29 is 0 Å². The van der Waals surface area contributed by atoms with Gasteiger partial charge < -0.3 is 5.73 Å². The second kappa shape index (κ2) is 5.23. The quantitative estimate of drug-likeness (QED) is 0.942. The maximum absolute atomic E-state index is 6.59. The summed E-state index contributed by atoms with van der Waals surface area (Å²) in [6.45, 7) is 8.14. The number of hydrogen-bond acceptors (Lipinski definition) is 2. The van der Waals surface area contributed by atoms with Gasteiger partial charge in [-0.25, -0.2) is 0 Å². The van der Waals surface area contributed by atoms with E-state index in [-0.39, 0.29) is 0 Å². The second-order valence-electron chi connectivity index (χ2n) is 5.88. The van der Waals surface area contributed by atoms with Gasteiger partial charge in [-0.2, -0.15) is 5.10 Å². The Bertz CT molecular complexity index is 641. The van der Waals surface area contributed by atoms with Crippen molar-refractivity contribution in [1.29, 1.82) is 0 Å². The number of aromatic nitrogens is 2. The normalized spacial score (nSPS) is 14.3. The van der Waals surface area contributed by atoms with Crippen LogP contribution >= 0.6 is 11.6 Å². The van der Waals surface area contributed by atoms with Gasteiger partial charge in [0.25, 0.3) is 0 Å². The molecule has 1 aromatic heterocycles. The monoisotopic (exact) mass is 291 g/mol. The maximum Gasteiger partial charge on any atom is 0.0847 e. The summed E-state index contributed by atoms with van der Waals surface area (Å²) >= 11 is 6.34. The molecule has 0 spiro atoms. The van der Waals surface area contributed by atoms with Crippen molar-refractivity contribution in [3.8, 4) is 0 Å². The molecular formula is C16H22ClN3. The third kappa shape index (κ3) is 2.74. The molecule has 0 aliphatic rings. The number of benzene rings is 1. The maximum atomic E-state index is 6.59. The van der Waals surface area contributed by atoms with Crippen molar-refractivity contribution >= 4 is 11.6 Å². The molecule has 20 heavy (non-hydrogen) atoms. The van der Waals surface area contributed by atoms with Gasteiger partial charge in [0.15, 0.2) is 0 Å². The molecule has 0 aliphatic carbocycles. The Labute approximate surface area is 125 Å². The Morgan fingerprint density at radius 1 is 1.30 bits per heavy atom. The van der Waals surface area contributed by atoms with Gasteiger partial charge in [-0.05, 0) is 38.8 Å². The van der Waals surface area contributed by atoms with Crippen LogP contribution in [0.4, 0.5) is 0 Å². The van der Waals surface area contributed by atoms with Gasteiger partial charge in [-0.15, -0.1) is 0 Å². The van der Waals surface area contributed by atoms with Crippen LogP contribution in [-0.4, -0.2) is 9.78 Å². The molecule has 1 atom stereocenters. The molecule has 1 heterocycles. The fraction of sp³-hybridized carbons (Fsp3) is 0.438. The molecule has 3 nitrogen and oxygen atoms in total. The molecule has 2 N–H and O–H groups in total. The first kappa shape index (κ1) is 15.1. The lowest BCUT2D eigenvalue weighted by atomic mass is 9.84. The lowest BCUT2D eigenvalue weighted by Crippen LogP contribution is -2.37. The van der Waals surface area contributed by atoms with Gasteiger partial charge in [-0.3, -0.25) is 4.68 Å². The lowest BCUT2D eigenvalue weighted by molar-refractivity contribution is 0.469. The number of aryl methyl sites for hydroxylation is 4. The summed E-state index contributed by atoms with van der Waals surface area (Å²) in [7, 11) is 1.91. The van der Waals surface area contributed by atoms with E-state index in [0.29, 0.717) is 6.42 Å². The van der Waals surface area contributed by atoms with E-state index >= 15 is 0 Å². The minimum atomic E-state index is -0.472. The molecule has 0 fully saturated rings. The molecule has 2 aromatic rings. The average Bonchev–Trinajstić information content (AvgIpc) is 2.59. The smallest absolute Gasteiger partial charge is 0.0847 e. The van der Waals surface area contributed by atoms with Gasteiger partial charge in [0.05, 0.1) is 16.4 Å². The molecule has 108 valence electrons. The van der Waals surface area contributed by atoms with E-state index in [1.807, 2.05) is 25.6 Å². The summed E-state index contributed by atoms with van der Waals surface area (Å²) in [4.78, 5) is 0. The summed E-state index contributed by atoms with van der Waals surface area (Å²) in [6, 6.07) is 6.38. The first-order valence-electron chi connectivity index (χ1n) is 6.77. The number of hydrogen-bond donors (Lipinski definition) is 1. The minimum Gasteiger partial charge on any atom is -0.321 e. The highest BCUT2D eigenvalue weighted by atomic mass is 35.5. The van der Waals surface area contributed by atoms with Crippen molar-refractivity contribution in [2.45, 2.75) is 39.7 Å². The molecule has 0 amide bonds. The van der Waals surface area contributed by atoms with Gasteiger partial charge in [0, 0.05) is 19.0 Å². The minimum absolute atomic E-state index is 0.472. The van der Waals surface area contributed by atoms with E-state index in [2.05, 4.69) is 37.1 Å². The van der Waals surface area contributed by atoms with Crippen LogP contribution in [0.5, 0.6) is 0 Å². The predicted molar refractivity (Wildman–Crippen MR) is 84.1 cm³/mol. The topological polar surface area (TPSA) is 43.8 Å². The Morgan fingerprint density at radius 3 is 2.50 bits per heavy atom. The van der Waals surface area contributed by atoms with Gasteiger partial charge in [-0.1, -0.05) is 35.4 Å². The molecular weight excluding hydrogens is 270 g/mol. The summed E-state index contributed by atoms with van der Waals surface area (Å²) in [5.41, 5.74) is 11.5. The molecule has 0 saturated carbocycles. The Hall–Kier alpha value is -1.32. The van der Waals surface area contributed by atoms with Crippen LogP contribution in [0, 0.1) is 20.8 Å². The zero-order valence-electron chi connectivity index (χ0n) is 12.8. The molecule has 0 radical (unpaired) electrons. The van der Waals surface area contributed by atoms with Crippen LogP contribution in [0.25, 0.3) is 0 Å². The summed E-state index contributed by atoms with van der Waals surface area (Å²) in [5.74, 6) is 0. The van der Waals surface area contributed by atoms with Gasteiger partial charge >= 0.3 is 0 Å². The summed E-state index contributed by atoms with van der Waals surface area (Å²) < 4.78 is 1.83. The van der Waals surface area contributed by atoms with E-state index in [0.717, 1.165) is 22.0 Å². The van der Waals surface area contributed by atoms with Crippen molar-refractivity contribution in [2.75, 3.05) is 0 Å². The van der Waals surface area contributed by atoms with E-state index < -0.39 is 5.54 Å². The van der Waals surface area contributed by atoms with E-state index in [1.54, 1.807) is 0 Å². The molecule has 4 heteroatoms. The molecule has 0 saturated heterocycles. The zero-order valence-corrected chi connectivity index (χ0v) is 13.5. The first-order valence-corrected chi connectivity index (χ1v) is 7.15. The summed E-state index contributed by atoms with van der Waals surface area (Å²) in [5, 5.41) is 5.07. The number of rotatable bonds is 3. The number of nitrogens with zero attached hydrogens (tertiary/aromatic N) is 2. The van der Waals surface area contributed by atoms with Gasteiger partial charge in [0.1, 0.15) is 0 Å². The van der Waals surface area contributed by atoms with Crippen LogP contribution < -0.4 is 5.73 Å². The third-order valence-electron chi connectivity index (χ3n) is 3.80.